The van der Waals surface area contributed by atoms with Crippen molar-refractivity contribution in [1.29, 1.82) is 0 Å². The molecule has 1 N–H and O–H groups in total. The van der Waals surface area contributed by atoms with E-state index >= 15 is 0 Å². The number of nitrogens with one attached hydrogen (secondary N) is 1. The van der Waals surface area contributed by atoms with Gasteiger partial charge in [0.15, 0.2) is 0 Å². The summed E-state index contributed by atoms with van der Waals surface area (Å²) in [5.74, 6) is 1.05. The number of amidine groups is 1. The predicted octanol–water partition coefficient (Wildman–Crippen LogP) is 0.871. The highest BCUT2D eigenvalue weighted by atomic mass is 15.1. The van der Waals surface area contributed by atoms with Crippen LogP contribution in [-0.4, -0.2) is 17.9 Å². The van der Waals surface area contributed by atoms with Crippen LogP contribution in [-0.2, 0) is 0 Å². The van der Waals surface area contributed by atoms with Gasteiger partial charge in [-0.15, -0.1) is 0 Å². The number of rotatable bonds is 0. The Labute approximate surface area is 60.3 Å². The number of aliphatic imine (C=N–C) groups is 1. The minimum absolute atomic E-state index is 0.352. The highest BCUT2D eigenvalue weighted by molar-refractivity contribution is 5.82. The van der Waals surface area contributed by atoms with E-state index in [1.807, 2.05) is 13.0 Å². The molecular weight excluding hydrogens is 124 g/mol. The van der Waals surface area contributed by atoms with Crippen LogP contribution in [0.25, 0.3) is 0 Å². The van der Waals surface area contributed by atoms with E-state index in [2.05, 4.69) is 28.5 Å². The number of nitrogens with zero attached hydrogens (tertiary/aromatic N) is 1. The van der Waals surface area contributed by atoms with Gasteiger partial charge in [0, 0.05) is 0 Å². The lowest BCUT2D eigenvalue weighted by Crippen LogP contribution is -2.31. The number of fused-ring (bicyclic) bond motifs is 1. The Bertz CT molecular complexity index is 225. The summed E-state index contributed by atoms with van der Waals surface area (Å²) < 4.78 is 0. The number of hydrogen-bond donors (Lipinski definition) is 1. The first-order valence-corrected chi connectivity index (χ1v) is 3.52. The Hall–Kier alpha value is -1.05. The highest BCUT2D eigenvalue weighted by Crippen LogP contribution is 2.13. The molecule has 1 aliphatic carbocycles. The molecule has 0 saturated heterocycles. The fourth-order valence-electron chi connectivity index (χ4n) is 1.35. The number of hydrogen-bond acceptors (Lipinski definition) is 2. The summed E-state index contributed by atoms with van der Waals surface area (Å²) in [5.41, 5.74) is 0. The van der Waals surface area contributed by atoms with Crippen LogP contribution >= 0.6 is 0 Å². The maximum atomic E-state index is 4.38. The summed E-state index contributed by atoms with van der Waals surface area (Å²) in [7, 11) is 0. The SMILES string of the molecule is CC1=NC2C=CC=CC2N1. The predicted molar refractivity (Wildman–Crippen MR) is 42.1 cm³/mol. The summed E-state index contributed by atoms with van der Waals surface area (Å²) in [6.45, 7) is 2.00. The van der Waals surface area contributed by atoms with Gasteiger partial charge in [-0.2, -0.15) is 0 Å². The average Bonchev–Trinajstić information content (AvgIpc) is 2.27. The van der Waals surface area contributed by atoms with Crippen LogP contribution in [0.3, 0.4) is 0 Å². The zero-order valence-corrected chi connectivity index (χ0v) is 5.91. The molecule has 0 aromatic carbocycles. The van der Waals surface area contributed by atoms with Crippen molar-refractivity contribution >= 4 is 5.84 Å². The maximum Gasteiger partial charge on any atom is 0.0945 e. The van der Waals surface area contributed by atoms with Crippen molar-refractivity contribution in [3.05, 3.63) is 24.3 Å². The van der Waals surface area contributed by atoms with Crippen LogP contribution in [0.4, 0.5) is 0 Å². The normalized spacial score (nSPS) is 35.1. The van der Waals surface area contributed by atoms with Crippen LogP contribution in [0.5, 0.6) is 0 Å². The van der Waals surface area contributed by atoms with E-state index in [0.29, 0.717) is 12.1 Å². The number of allylic oxidation sites excluding steroid dienone is 2. The van der Waals surface area contributed by atoms with Gasteiger partial charge < -0.3 is 5.32 Å². The molecule has 2 atom stereocenters. The first kappa shape index (κ1) is 5.71. The molecule has 0 bridgehead atoms. The largest absolute Gasteiger partial charge is 0.365 e. The average molecular weight is 134 g/mol. The third-order valence-electron chi connectivity index (χ3n) is 1.82. The monoisotopic (exact) mass is 134 g/mol. The van der Waals surface area contributed by atoms with Crippen LogP contribution < -0.4 is 5.32 Å². The molecule has 10 heavy (non-hydrogen) atoms. The Morgan fingerprint density at radius 1 is 1.40 bits per heavy atom. The second kappa shape index (κ2) is 1.97. The van der Waals surface area contributed by atoms with Gasteiger partial charge in [0.1, 0.15) is 0 Å². The Kier molecular flexibility index (Phi) is 1.13. The molecule has 0 spiro atoms. The fourth-order valence-corrected chi connectivity index (χ4v) is 1.35. The van der Waals surface area contributed by atoms with Gasteiger partial charge in [-0.3, -0.25) is 4.99 Å². The molecule has 1 heterocycles. The molecule has 2 aliphatic rings. The van der Waals surface area contributed by atoms with E-state index in [9.17, 15) is 0 Å². The zero-order valence-electron chi connectivity index (χ0n) is 5.91. The fraction of sp³-hybridized carbons (Fsp3) is 0.375. The van der Waals surface area contributed by atoms with Crippen molar-refractivity contribution in [2.75, 3.05) is 0 Å². The third-order valence-corrected chi connectivity index (χ3v) is 1.82. The smallest absolute Gasteiger partial charge is 0.0945 e. The van der Waals surface area contributed by atoms with Crippen molar-refractivity contribution in [1.82, 2.24) is 5.32 Å². The Morgan fingerprint density at radius 2 is 2.20 bits per heavy atom. The van der Waals surface area contributed by atoms with Crippen molar-refractivity contribution in [3.63, 3.8) is 0 Å². The summed E-state index contributed by atoms with van der Waals surface area (Å²) in [6.07, 6.45) is 8.37. The van der Waals surface area contributed by atoms with Gasteiger partial charge in [0.2, 0.25) is 0 Å². The standard InChI is InChI=1S/C8H10N2/c1-6-9-7-4-2-3-5-8(7)10-6/h2-5,7-8H,1H3,(H,9,10). The first-order valence-electron chi connectivity index (χ1n) is 3.52. The molecule has 0 amide bonds. The molecule has 0 aromatic rings. The Morgan fingerprint density at radius 3 is 3.00 bits per heavy atom. The summed E-state index contributed by atoms with van der Waals surface area (Å²) >= 11 is 0. The minimum atomic E-state index is 0.352. The second-order valence-electron chi connectivity index (χ2n) is 2.65. The van der Waals surface area contributed by atoms with Gasteiger partial charge in [0.05, 0.1) is 17.9 Å². The Balaban J connectivity index is 2.24. The van der Waals surface area contributed by atoms with Gasteiger partial charge >= 0.3 is 0 Å². The lowest BCUT2D eigenvalue weighted by molar-refractivity contribution is 0.694. The van der Waals surface area contributed by atoms with E-state index in [0.717, 1.165) is 5.84 Å². The van der Waals surface area contributed by atoms with Crippen LogP contribution in [0.2, 0.25) is 0 Å². The lowest BCUT2D eigenvalue weighted by Gasteiger charge is -2.12. The van der Waals surface area contributed by atoms with Gasteiger partial charge in [0.25, 0.3) is 0 Å². The van der Waals surface area contributed by atoms with Crippen LogP contribution in [0.15, 0.2) is 29.3 Å². The summed E-state index contributed by atoms with van der Waals surface area (Å²) in [6, 6.07) is 0.773. The molecule has 2 unspecified atom stereocenters. The first-order chi connectivity index (χ1) is 4.86. The van der Waals surface area contributed by atoms with Crippen molar-refractivity contribution in [2.45, 2.75) is 19.0 Å². The highest BCUT2D eigenvalue weighted by Gasteiger charge is 2.22. The quantitative estimate of drug-likeness (QED) is 0.522. The molecule has 0 saturated carbocycles. The van der Waals surface area contributed by atoms with Gasteiger partial charge in [-0.25, -0.2) is 0 Å². The van der Waals surface area contributed by atoms with E-state index in [1.54, 1.807) is 0 Å². The van der Waals surface area contributed by atoms with Crippen molar-refractivity contribution in [2.24, 2.45) is 4.99 Å². The minimum Gasteiger partial charge on any atom is -0.365 e. The second-order valence-corrected chi connectivity index (χ2v) is 2.65. The molecular formula is C8H10N2. The molecule has 0 aromatic heterocycles. The van der Waals surface area contributed by atoms with Crippen LogP contribution in [0, 0.1) is 0 Å². The van der Waals surface area contributed by atoms with Crippen molar-refractivity contribution in [3.8, 4) is 0 Å². The topological polar surface area (TPSA) is 24.4 Å². The summed E-state index contributed by atoms with van der Waals surface area (Å²) in [5, 5.41) is 3.27. The molecule has 2 heteroatoms. The molecule has 0 radical (unpaired) electrons. The molecule has 52 valence electrons. The maximum absolute atomic E-state index is 4.38. The molecule has 1 aliphatic heterocycles. The van der Waals surface area contributed by atoms with E-state index in [-0.39, 0.29) is 0 Å². The summed E-state index contributed by atoms with van der Waals surface area (Å²) in [4.78, 5) is 4.38. The molecule has 2 nitrogen and oxygen atoms in total. The van der Waals surface area contributed by atoms with Gasteiger partial charge in [-0.05, 0) is 6.92 Å². The van der Waals surface area contributed by atoms with Crippen molar-refractivity contribution < 1.29 is 0 Å². The van der Waals surface area contributed by atoms with Gasteiger partial charge in [-0.1, -0.05) is 24.3 Å². The van der Waals surface area contributed by atoms with E-state index in [4.69, 9.17) is 0 Å². The van der Waals surface area contributed by atoms with E-state index < -0.39 is 0 Å². The molecule has 0 fully saturated rings. The third kappa shape index (κ3) is 0.764. The van der Waals surface area contributed by atoms with E-state index in [1.165, 1.54) is 0 Å². The molecule has 2 rings (SSSR count). The lowest BCUT2D eigenvalue weighted by atomic mass is 10.1. The zero-order chi connectivity index (χ0) is 6.97. The van der Waals surface area contributed by atoms with Crippen LogP contribution in [0.1, 0.15) is 6.92 Å².